The molecule has 1 fully saturated rings. The molecule has 0 N–H and O–H groups in total. The number of nitrogens with zero attached hydrogens (tertiary/aromatic N) is 4. The van der Waals surface area contributed by atoms with Crippen LogP contribution in [-0.4, -0.2) is 67.1 Å². The number of rotatable bonds is 2. The van der Waals surface area contributed by atoms with Crippen LogP contribution in [0.15, 0.2) is 23.2 Å². The first kappa shape index (κ1) is 17.1. The van der Waals surface area contributed by atoms with Crippen LogP contribution in [0.3, 0.4) is 0 Å². The third-order valence-electron chi connectivity index (χ3n) is 4.78. The standard InChI is InChI=1S/C18H22N4O3/c1-12-4-5-13(2)15(10-12)21-6-8-22(9-7-21)17(24)14-11-19-18(25)20(3)16(14)23/h4-5,10-11,14H,6-9H2,1-3H3. The second-order valence-corrected chi connectivity index (χ2v) is 6.54. The van der Waals surface area contributed by atoms with Gasteiger partial charge in [-0.15, -0.1) is 0 Å². The second-order valence-electron chi connectivity index (χ2n) is 6.54. The van der Waals surface area contributed by atoms with E-state index in [0.717, 1.165) is 4.90 Å². The molecule has 1 saturated heterocycles. The Kier molecular flexibility index (Phi) is 4.57. The number of benzene rings is 1. The van der Waals surface area contributed by atoms with E-state index in [2.05, 4.69) is 41.9 Å². The predicted octanol–water partition coefficient (Wildman–Crippen LogP) is 1.23. The molecule has 7 heteroatoms. The molecule has 0 spiro atoms. The van der Waals surface area contributed by atoms with Crippen molar-refractivity contribution < 1.29 is 14.4 Å². The zero-order valence-electron chi connectivity index (χ0n) is 14.7. The smallest absolute Gasteiger partial charge is 0.349 e. The average molecular weight is 342 g/mol. The Balaban J connectivity index is 1.67. The molecule has 132 valence electrons. The summed E-state index contributed by atoms with van der Waals surface area (Å²) in [5.74, 6) is -1.79. The van der Waals surface area contributed by atoms with Crippen molar-refractivity contribution in [1.29, 1.82) is 0 Å². The SMILES string of the molecule is Cc1ccc(C)c(N2CCN(C(=O)C3C=NC(=O)N(C)C3=O)CC2)c1. The monoisotopic (exact) mass is 342 g/mol. The molecular formula is C18H22N4O3. The minimum absolute atomic E-state index is 0.284. The predicted molar refractivity (Wildman–Crippen MR) is 94.9 cm³/mol. The van der Waals surface area contributed by atoms with Gasteiger partial charge < -0.3 is 9.80 Å². The molecule has 1 aromatic carbocycles. The first-order chi connectivity index (χ1) is 11.9. The normalized spacial score (nSPS) is 21.1. The lowest BCUT2D eigenvalue weighted by molar-refractivity contribution is -0.142. The topological polar surface area (TPSA) is 73.3 Å². The van der Waals surface area contributed by atoms with Crippen molar-refractivity contribution >= 4 is 29.7 Å². The largest absolute Gasteiger partial charge is 0.368 e. The zero-order valence-corrected chi connectivity index (χ0v) is 14.7. The number of hydrogen-bond acceptors (Lipinski definition) is 4. The summed E-state index contributed by atoms with van der Waals surface area (Å²) in [5, 5.41) is 0. The van der Waals surface area contributed by atoms with Gasteiger partial charge >= 0.3 is 6.03 Å². The van der Waals surface area contributed by atoms with Gasteiger partial charge in [-0.1, -0.05) is 12.1 Å². The van der Waals surface area contributed by atoms with Gasteiger partial charge in [-0.3, -0.25) is 14.5 Å². The number of amides is 4. The van der Waals surface area contributed by atoms with E-state index >= 15 is 0 Å². The van der Waals surface area contributed by atoms with E-state index in [1.165, 1.54) is 30.1 Å². The van der Waals surface area contributed by atoms with E-state index in [1.54, 1.807) is 4.90 Å². The summed E-state index contributed by atoms with van der Waals surface area (Å²) in [7, 11) is 1.35. The first-order valence-electron chi connectivity index (χ1n) is 8.35. The number of carbonyl (C=O) groups excluding carboxylic acids is 3. The number of aliphatic imine (C=N–C) groups is 1. The molecule has 0 saturated carbocycles. The number of urea groups is 1. The lowest BCUT2D eigenvalue weighted by Crippen LogP contribution is -2.54. The Morgan fingerprint density at radius 1 is 1.12 bits per heavy atom. The maximum atomic E-state index is 12.6. The fourth-order valence-electron chi connectivity index (χ4n) is 3.19. The summed E-state index contributed by atoms with van der Waals surface area (Å²) in [6.45, 7) is 6.65. The molecule has 0 radical (unpaired) electrons. The van der Waals surface area contributed by atoms with Crippen LogP contribution in [0.5, 0.6) is 0 Å². The molecule has 25 heavy (non-hydrogen) atoms. The zero-order chi connectivity index (χ0) is 18.1. The van der Waals surface area contributed by atoms with Crippen molar-refractivity contribution in [3.05, 3.63) is 29.3 Å². The average Bonchev–Trinajstić information content (AvgIpc) is 2.61. The molecule has 0 aliphatic carbocycles. The highest BCUT2D eigenvalue weighted by Gasteiger charge is 2.37. The van der Waals surface area contributed by atoms with Crippen LogP contribution in [0.25, 0.3) is 0 Å². The van der Waals surface area contributed by atoms with Crippen LogP contribution in [0.1, 0.15) is 11.1 Å². The Labute approximate surface area is 146 Å². The van der Waals surface area contributed by atoms with Crippen LogP contribution in [0, 0.1) is 19.8 Å². The number of piperazine rings is 1. The third kappa shape index (κ3) is 3.26. The molecule has 1 unspecified atom stereocenters. The number of hydrogen-bond donors (Lipinski definition) is 0. The molecule has 0 aromatic heterocycles. The lowest BCUT2D eigenvalue weighted by Gasteiger charge is -2.38. The van der Waals surface area contributed by atoms with Gasteiger partial charge in [0.1, 0.15) is 0 Å². The quantitative estimate of drug-likeness (QED) is 0.758. The molecule has 4 amide bonds. The van der Waals surface area contributed by atoms with Crippen molar-refractivity contribution in [3.63, 3.8) is 0 Å². The fraction of sp³-hybridized carbons (Fsp3) is 0.444. The number of imide groups is 1. The van der Waals surface area contributed by atoms with Gasteiger partial charge in [0.05, 0.1) is 0 Å². The van der Waals surface area contributed by atoms with Gasteiger partial charge in [0, 0.05) is 45.1 Å². The maximum absolute atomic E-state index is 12.6. The van der Waals surface area contributed by atoms with Gasteiger partial charge in [-0.25, -0.2) is 9.79 Å². The Morgan fingerprint density at radius 3 is 2.48 bits per heavy atom. The minimum Gasteiger partial charge on any atom is -0.368 e. The van der Waals surface area contributed by atoms with Crippen molar-refractivity contribution in [2.75, 3.05) is 38.1 Å². The Bertz CT molecular complexity index is 751. The maximum Gasteiger partial charge on any atom is 0.349 e. The van der Waals surface area contributed by atoms with Gasteiger partial charge in [0.15, 0.2) is 5.92 Å². The van der Waals surface area contributed by atoms with Crippen LogP contribution < -0.4 is 4.90 Å². The van der Waals surface area contributed by atoms with E-state index in [9.17, 15) is 14.4 Å². The van der Waals surface area contributed by atoms with Crippen molar-refractivity contribution in [1.82, 2.24) is 9.80 Å². The van der Waals surface area contributed by atoms with Crippen molar-refractivity contribution in [3.8, 4) is 0 Å². The molecule has 3 rings (SSSR count). The molecule has 1 atom stereocenters. The summed E-state index contributed by atoms with van der Waals surface area (Å²) in [6, 6.07) is 5.72. The lowest BCUT2D eigenvalue weighted by atomic mass is 10.1. The number of anilines is 1. The minimum atomic E-state index is -0.991. The molecule has 2 heterocycles. The summed E-state index contributed by atoms with van der Waals surface area (Å²) >= 11 is 0. The van der Waals surface area contributed by atoms with E-state index < -0.39 is 17.9 Å². The Hall–Kier alpha value is -2.70. The van der Waals surface area contributed by atoms with Crippen LogP contribution in [0.2, 0.25) is 0 Å². The van der Waals surface area contributed by atoms with Gasteiger partial charge in [-0.2, -0.15) is 0 Å². The van der Waals surface area contributed by atoms with Crippen LogP contribution in [0.4, 0.5) is 10.5 Å². The number of aryl methyl sites for hydroxylation is 2. The number of carbonyl (C=O) groups is 3. The molecular weight excluding hydrogens is 320 g/mol. The van der Waals surface area contributed by atoms with Gasteiger partial charge in [0.25, 0.3) is 0 Å². The van der Waals surface area contributed by atoms with E-state index in [1.807, 2.05) is 0 Å². The van der Waals surface area contributed by atoms with Crippen molar-refractivity contribution in [2.24, 2.45) is 10.9 Å². The molecule has 0 bridgehead atoms. The van der Waals surface area contributed by atoms with Crippen molar-refractivity contribution in [2.45, 2.75) is 13.8 Å². The summed E-state index contributed by atoms with van der Waals surface area (Å²) in [6.07, 6.45) is 1.17. The summed E-state index contributed by atoms with van der Waals surface area (Å²) < 4.78 is 0. The highest BCUT2D eigenvalue weighted by Crippen LogP contribution is 2.23. The first-order valence-corrected chi connectivity index (χ1v) is 8.35. The summed E-state index contributed by atoms with van der Waals surface area (Å²) in [4.78, 5) is 44.6. The van der Waals surface area contributed by atoms with E-state index in [0.29, 0.717) is 26.2 Å². The van der Waals surface area contributed by atoms with Crippen LogP contribution >= 0.6 is 0 Å². The van der Waals surface area contributed by atoms with Gasteiger partial charge in [-0.05, 0) is 31.0 Å². The van der Waals surface area contributed by atoms with Crippen LogP contribution in [-0.2, 0) is 9.59 Å². The molecule has 7 nitrogen and oxygen atoms in total. The highest BCUT2D eigenvalue weighted by atomic mass is 16.2. The second kappa shape index (κ2) is 6.66. The van der Waals surface area contributed by atoms with Gasteiger partial charge in [0.2, 0.25) is 11.8 Å². The van der Waals surface area contributed by atoms with E-state index in [4.69, 9.17) is 0 Å². The van der Waals surface area contributed by atoms with E-state index in [-0.39, 0.29) is 5.91 Å². The fourth-order valence-corrected chi connectivity index (χ4v) is 3.19. The molecule has 1 aromatic rings. The molecule has 2 aliphatic rings. The highest BCUT2D eigenvalue weighted by molar-refractivity contribution is 6.20. The molecule has 2 aliphatic heterocycles. The third-order valence-corrected chi connectivity index (χ3v) is 4.78. The Morgan fingerprint density at radius 2 is 1.80 bits per heavy atom. The summed E-state index contributed by atoms with van der Waals surface area (Å²) in [5.41, 5.74) is 3.60.